The molecule has 0 aliphatic carbocycles. The summed E-state index contributed by atoms with van der Waals surface area (Å²) >= 11 is 7.29. The van der Waals surface area contributed by atoms with E-state index < -0.39 is 5.25 Å². The van der Waals surface area contributed by atoms with Crippen LogP contribution in [0, 0.1) is 0 Å². The van der Waals surface area contributed by atoms with Gasteiger partial charge in [-0.05, 0) is 50.2 Å². The molecule has 0 spiro atoms. The van der Waals surface area contributed by atoms with E-state index >= 15 is 0 Å². The molecule has 8 heteroatoms. The van der Waals surface area contributed by atoms with E-state index in [-0.39, 0.29) is 5.97 Å². The van der Waals surface area contributed by atoms with Crippen LogP contribution >= 0.6 is 23.4 Å². The first-order valence-electron chi connectivity index (χ1n) is 8.13. The number of hydrogen-bond acceptors (Lipinski definition) is 6. The van der Waals surface area contributed by atoms with Crippen molar-refractivity contribution < 1.29 is 13.9 Å². The summed E-state index contributed by atoms with van der Waals surface area (Å²) in [6.07, 6.45) is 1.62. The fourth-order valence-electron chi connectivity index (χ4n) is 2.36. The van der Waals surface area contributed by atoms with Crippen molar-refractivity contribution in [2.24, 2.45) is 0 Å². The highest BCUT2D eigenvalue weighted by molar-refractivity contribution is 8.00. The smallest absolute Gasteiger partial charge is 0.319 e. The van der Waals surface area contributed by atoms with E-state index in [4.69, 9.17) is 20.8 Å². The zero-order valence-corrected chi connectivity index (χ0v) is 16.0. The van der Waals surface area contributed by atoms with Crippen molar-refractivity contribution >= 4 is 29.3 Å². The zero-order chi connectivity index (χ0) is 18.5. The molecule has 1 aromatic carbocycles. The molecule has 26 heavy (non-hydrogen) atoms. The number of furan rings is 1. The molecule has 0 fully saturated rings. The number of carbonyl (C=O) groups is 1. The molecule has 0 N–H and O–H groups in total. The number of thioether (sulfide) groups is 1. The molecule has 0 amide bonds. The second-order valence-corrected chi connectivity index (χ2v) is 7.24. The van der Waals surface area contributed by atoms with Crippen LogP contribution in [0.2, 0.25) is 5.02 Å². The molecule has 0 aliphatic heterocycles. The Morgan fingerprint density at radius 3 is 2.73 bits per heavy atom. The Kier molecular flexibility index (Phi) is 6.00. The summed E-state index contributed by atoms with van der Waals surface area (Å²) in [5.74, 6) is 1.17. The van der Waals surface area contributed by atoms with Gasteiger partial charge in [0.25, 0.3) is 0 Å². The quantitative estimate of drug-likeness (QED) is 0.442. The number of aromatic nitrogens is 3. The average Bonchev–Trinajstić information content (AvgIpc) is 3.27. The number of nitrogens with zero attached hydrogens (tertiary/aromatic N) is 3. The fourth-order valence-corrected chi connectivity index (χ4v) is 3.33. The molecular formula is C18H18ClN3O3S. The molecule has 6 nitrogen and oxygen atoms in total. The SMILES string of the molecule is CCOC(=O)C(C)Sc1nnc(-c2ccc(Cl)cc2)n1Cc1ccco1. The van der Waals surface area contributed by atoms with Crippen molar-refractivity contribution in [3.05, 3.63) is 53.4 Å². The molecule has 0 saturated carbocycles. The zero-order valence-electron chi connectivity index (χ0n) is 14.4. The van der Waals surface area contributed by atoms with Gasteiger partial charge in [0.05, 0.1) is 19.4 Å². The van der Waals surface area contributed by atoms with Crippen LogP contribution in [0.5, 0.6) is 0 Å². The Balaban J connectivity index is 1.93. The van der Waals surface area contributed by atoms with Gasteiger partial charge in [-0.25, -0.2) is 0 Å². The highest BCUT2D eigenvalue weighted by Crippen LogP contribution is 2.29. The Bertz CT molecular complexity index is 862. The van der Waals surface area contributed by atoms with Gasteiger partial charge in [-0.15, -0.1) is 10.2 Å². The van der Waals surface area contributed by atoms with Gasteiger partial charge in [0.1, 0.15) is 11.0 Å². The molecule has 0 radical (unpaired) electrons. The predicted octanol–water partition coefficient (Wildman–Crippen LogP) is 4.28. The molecule has 3 rings (SSSR count). The third-order valence-electron chi connectivity index (χ3n) is 3.61. The molecule has 1 atom stereocenters. The van der Waals surface area contributed by atoms with E-state index in [1.165, 1.54) is 11.8 Å². The number of hydrogen-bond donors (Lipinski definition) is 0. The van der Waals surface area contributed by atoms with Gasteiger partial charge in [0, 0.05) is 10.6 Å². The van der Waals surface area contributed by atoms with Crippen LogP contribution in [0.4, 0.5) is 0 Å². The van der Waals surface area contributed by atoms with E-state index in [9.17, 15) is 4.79 Å². The summed E-state index contributed by atoms with van der Waals surface area (Å²) in [4.78, 5) is 12.0. The highest BCUT2D eigenvalue weighted by Gasteiger charge is 2.22. The molecule has 0 saturated heterocycles. The number of benzene rings is 1. The van der Waals surface area contributed by atoms with E-state index in [1.54, 1.807) is 32.2 Å². The van der Waals surface area contributed by atoms with Crippen molar-refractivity contribution in [1.29, 1.82) is 0 Å². The lowest BCUT2D eigenvalue weighted by Crippen LogP contribution is -2.17. The van der Waals surface area contributed by atoms with Crippen LogP contribution in [0.25, 0.3) is 11.4 Å². The first-order valence-corrected chi connectivity index (χ1v) is 9.39. The maximum Gasteiger partial charge on any atom is 0.319 e. The van der Waals surface area contributed by atoms with E-state index in [0.29, 0.717) is 29.2 Å². The molecule has 136 valence electrons. The molecule has 0 aliphatic rings. The maximum absolute atomic E-state index is 12.0. The van der Waals surface area contributed by atoms with Gasteiger partial charge in [0.2, 0.25) is 0 Å². The Morgan fingerprint density at radius 2 is 2.08 bits per heavy atom. The van der Waals surface area contributed by atoms with E-state index in [0.717, 1.165) is 11.3 Å². The number of esters is 1. The summed E-state index contributed by atoms with van der Waals surface area (Å²) < 4.78 is 12.5. The van der Waals surface area contributed by atoms with Crippen molar-refractivity contribution in [1.82, 2.24) is 14.8 Å². The number of halogens is 1. The van der Waals surface area contributed by atoms with Crippen LogP contribution < -0.4 is 0 Å². The van der Waals surface area contributed by atoms with Crippen molar-refractivity contribution in [3.63, 3.8) is 0 Å². The lowest BCUT2D eigenvalue weighted by atomic mass is 10.2. The third kappa shape index (κ3) is 4.28. The van der Waals surface area contributed by atoms with Gasteiger partial charge >= 0.3 is 5.97 Å². The molecule has 0 bridgehead atoms. The van der Waals surface area contributed by atoms with Crippen LogP contribution in [0.3, 0.4) is 0 Å². The largest absolute Gasteiger partial charge is 0.467 e. The molecule has 3 aromatic rings. The Labute approximate surface area is 160 Å². The summed E-state index contributed by atoms with van der Waals surface area (Å²) in [6.45, 7) is 4.37. The van der Waals surface area contributed by atoms with Crippen molar-refractivity contribution in [2.45, 2.75) is 30.8 Å². The molecule has 2 heterocycles. The van der Waals surface area contributed by atoms with Crippen molar-refractivity contribution in [2.75, 3.05) is 6.61 Å². The van der Waals surface area contributed by atoms with Crippen LogP contribution in [-0.2, 0) is 16.1 Å². The van der Waals surface area contributed by atoms with Crippen LogP contribution in [0.1, 0.15) is 19.6 Å². The minimum Gasteiger partial charge on any atom is -0.467 e. The van der Waals surface area contributed by atoms with Gasteiger partial charge in [-0.1, -0.05) is 23.4 Å². The van der Waals surface area contributed by atoms with Gasteiger partial charge in [0.15, 0.2) is 11.0 Å². The summed E-state index contributed by atoms with van der Waals surface area (Å²) in [7, 11) is 0. The second-order valence-electron chi connectivity index (χ2n) is 5.49. The Hall–Kier alpha value is -2.25. The van der Waals surface area contributed by atoms with Crippen LogP contribution in [-0.4, -0.2) is 32.6 Å². The van der Waals surface area contributed by atoms with Crippen LogP contribution in [0.15, 0.2) is 52.2 Å². The highest BCUT2D eigenvalue weighted by atomic mass is 35.5. The third-order valence-corrected chi connectivity index (χ3v) is 4.92. The van der Waals surface area contributed by atoms with Gasteiger partial charge in [-0.2, -0.15) is 0 Å². The van der Waals surface area contributed by atoms with Gasteiger partial charge in [-0.3, -0.25) is 9.36 Å². The first-order chi connectivity index (χ1) is 12.6. The topological polar surface area (TPSA) is 70.2 Å². The Morgan fingerprint density at radius 1 is 1.31 bits per heavy atom. The lowest BCUT2D eigenvalue weighted by molar-refractivity contribution is -0.142. The fraction of sp³-hybridized carbons (Fsp3) is 0.278. The van der Waals surface area contributed by atoms with E-state index in [2.05, 4.69) is 10.2 Å². The molecule has 2 aromatic heterocycles. The minimum atomic E-state index is -0.396. The summed E-state index contributed by atoms with van der Waals surface area (Å²) in [6, 6.07) is 11.1. The lowest BCUT2D eigenvalue weighted by Gasteiger charge is -2.12. The maximum atomic E-state index is 12.0. The predicted molar refractivity (Wildman–Crippen MR) is 100 cm³/mol. The van der Waals surface area contributed by atoms with E-state index in [1.807, 2.05) is 28.8 Å². The normalized spacial score (nSPS) is 12.1. The molecule has 1 unspecified atom stereocenters. The minimum absolute atomic E-state index is 0.280. The molecular weight excluding hydrogens is 374 g/mol. The summed E-state index contributed by atoms with van der Waals surface area (Å²) in [5.41, 5.74) is 0.879. The first kappa shape index (κ1) is 18.5. The summed E-state index contributed by atoms with van der Waals surface area (Å²) in [5, 5.41) is 9.45. The van der Waals surface area contributed by atoms with Crippen molar-refractivity contribution in [3.8, 4) is 11.4 Å². The monoisotopic (exact) mass is 391 g/mol. The number of ether oxygens (including phenoxy) is 1. The standard InChI is InChI=1S/C18H18ClN3O3S/c1-3-24-17(23)12(2)26-18-21-20-16(13-6-8-14(19)9-7-13)22(18)11-15-5-4-10-25-15/h4-10,12H,3,11H2,1-2H3. The number of carbonyl (C=O) groups excluding carboxylic acids is 1. The number of rotatable bonds is 7. The second kappa shape index (κ2) is 8.42. The van der Waals surface area contributed by atoms with Gasteiger partial charge < -0.3 is 9.15 Å². The average molecular weight is 392 g/mol.